The third kappa shape index (κ3) is 6.85. The minimum Gasteiger partial charge on any atom is -0.431 e. The fourth-order valence-corrected chi connectivity index (χ4v) is 3.03. The van der Waals surface area contributed by atoms with E-state index in [1.807, 2.05) is 0 Å². The molecule has 1 atom stereocenters. The van der Waals surface area contributed by atoms with Crippen LogP contribution in [0.15, 0.2) is 10.5 Å². The second-order valence-corrected chi connectivity index (χ2v) is 6.84. The van der Waals surface area contributed by atoms with Crippen LogP contribution in [0.3, 0.4) is 0 Å². The Labute approximate surface area is 160 Å². The molecule has 10 nitrogen and oxygen atoms in total. The molecule has 1 aromatic heterocycles. The fourth-order valence-electron chi connectivity index (χ4n) is 2.48. The Morgan fingerprint density at radius 2 is 2.04 bits per heavy atom. The van der Waals surface area contributed by atoms with E-state index >= 15 is 0 Å². The van der Waals surface area contributed by atoms with Gasteiger partial charge >= 0.3 is 12.1 Å². The molecule has 148 valence electrons. The lowest BCUT2D eigenvalue weighted by atomic mass is 9.98. The summed E-state index contributed by atoms with van der Waals surface area (Å²) >= 11 is 1.09. The van der Waals surface area contributed by atoms with Crippen molar-refractivity contribution >= 4 is 40.2 Å². The number of rotatable bonds is 6. The van der Waals surface area contributed by atoms with Crippen molar-refractivity contribution in [2.24, 2.45) is 5.16 Å². The molecule has 2 rings (SSSR count). The molecule has 1 heterocycles. The van der Waals surface area contributed by atoms with Gasteiger partial charge in [-0.05, 0) is 32.6 Å². The van der Waals surface area contributed by atoms with Crippen LogP contribution in [0.5, 0.6) is 0 Å². The second-order valence-electron chi connectivity index (χ2n) is 5.96. The molecule has 11 heteroatoms. The molecular formula is C16H22N4O6S. The van der Waals surface area contributed by atoms with Gasteiger partial charge in [0.1, 0.15) is 11.8 Å². The number of carbonyl (C=O) groups excluding carboxylic acids is 3. The Morgan fingerprint density at radius 1 is 1.33 bits per heavy atom. The summed E-state index contributed by atoms with van der Waals surface area (Å²) in [5, 5.41) is 7.63. The number of nitrogens with zero attached hydrogens (tertiary/aromatic N) is 2. The van der Waals surface area contributed by atoms with E-state index in [1.165, 1.54) is 12.3 Å². The number of nitrogens with two attached hydrogens (primary N) is 1. The van der Waals surface area contributed by atoms with Crippen molar-refractivity contribution in [2.75, 3.05) is 5.73 Å². The highest BCUT2D eigenvalue weighted by Gasteiger charge is 2.24. The number of aromatic nitrogens is 1. The largest absolute Gasteiger partial charge is 0.510 e. The monoisotopic (exact) mass is 398 g/mol. The number of carbonyl (C=O) groups is 3. The number of nitrogen functional groups attached to an aromatic ring is 1. The fraction of sp³-hybridized carbons (Fsp3) is 0.562. The Hall–Kier alpha value is -2.69. The Kier molecular flexibility index (Phi) is 7.53. The number of nitrogens with one attached hydrogen (secondary N) is 1. The van der Waals surface area contributed by atoms with E-state index < -0.39 is 24.3 Å². The molecule has 3 N–H and O–H groups in total. The van der Waals surface area contributed by atoms with Crippen LogP contribution >= 0.6 is 11.3 Å². The van der Waals surface area contributed by atoms with Gasteiger partial charge in [-0.3, -0.25) is 4.79 Å². The zero-order chi connectivity index (χ0) is 19.8. The molecule has 27 heavy (non-hydrogen) atoms. The molecule has 1 fully saturated rings. The zero-order valence-corrected chi connectivity index (χ0v) is 15.9. The summed E-state index contributed by atoms with van der Waals surface area (Å²) in [6.45, 7) is 2.60. The summed E-state index contributed by atoms with van der Waals surface area (Å²) in [5.74, 6) is -1.46. The van der Waals surface area contributed by atoms with Crippen LogP contribution in [0, 0.1) is 0 Å². The maximum atomic E-state index is 12.4. The van der Waals surface area contributed by atoms with E-state index in [2.05, 4.69) is 20.3 Å². The van der Waals surface area contributed by atoms with Crippen molar-refractivity contribution < 1.29 is 28.7 Å². The zero-order valence-electron chi connectivity index (χ0n) is 15.1. The quantitative estimate of drug-likeness (QED) is 0.243. The van der Waals surface area contributed by atoms with Crippen molar-refractivity contribution in [3.8, 4) is 0 Å². The predicted molar refractivity (Wildman–Crippen MR) is 96.9 cm³/mol. The molecule has 0 aliphatic heterocycles. The van der Waals surface area contributed by atoms with Gasteiger partial charge in [-0.15, -0.1) is 11.3 Å². The van der Waals surface area contributed by atoms with Crippen molar-refractivity contribution in [1.29, 1.82) is 0 Å². The van der Waals surface area contributed by atoms with Crippen molar-refractivity contribution in [3.05, 3.63) is 11.1 Å². The van der Waals surface area contributed by atoms with Gasteiger partial charge in [0.2, 0.25) is 0 Å². The van der Waals surface area contributed by atoms with Crippen LogP contribution in [0.2, 0.25) is 0 Å². The maximum absolute atomic E-state index is 12.4. The smallest absolute Gasteiger partial charge is 0.431 e. The highest BCUT2D eigenvalue weighted by molar-refractivity contribution is 7.13. The minimum absolute atomic E-state index is 0.133. The number of hydrogen-bond donors (Lipinski definition) is 2. The van der Waals surface area contributed by atoms with Gasteiger partial charge < -0.3 is 25.4 Å². The van der Waals surface area contributed by atoms with Gasteiger partial charge in [-0.1, -0.05) is 11.6 Å². The van der Waals surface area contributed by atoms with Gasteiger partial charge in [-0.25, -0.2) is 14.6 Å². The second kappa shape index (κ2) is 9.86. The number of amides is 1. The summed E-state index contributed by atoms with van der Waals surface area (Å²) in [5.41, 5.74) is 5.42. The van der Waals surface area contributed by atoms with E-state index in [4.69, 9.17) is 15.2 Å². The normalized spacial score (nSPS) is 16.3. The van der Waals surface area contributed by atoms with E-state index in [0.717, 1.165) is 50.4 Å². The molecule has 1 aromatic rings. The maximum Gasteiger partial charge on any atom is 0.510 e. The Bertz CT molecular complexity index is 714. The third-order valence-electron chi connectivity index (χ3n) is 3.67. The molecule has 0 saturated heterocycles. The van der Waals surface area contributed by atoms with Crippen LogP contribution in [-0.2, 0) is 23.9 Å². The van der Waals surface area contributed by atoms with E-state index in [1.54, 1.807) is 0 Å². The average Bonchev–Trinajstić information content (AvgIpc) is 3.01. The molecule has 0 radical (unpaired) electrons. The first kappa shape index (κ1) is 20.6. The molecule has 1 unspecified atom stereocenters. The minimum atomic E-state index is -0.993. The number of anilines is 1. The van der Waals surface area contributed by atoms with Crippen LogP contribution < -0.4 is 11.1 Å². The first-order valence-electron chi connectivity index (χ1n) is 8.50. The predicted octanol–water partition coefficient (Wildman–Crippen LogP) is 1.94. The van der Waals surface area contributed by atoms with Crippen LogP contribution in [0.1, 0.15) is 51.6 Å². The highest BCUT2D eigenvalue weighted by Crippen LogP contribution is 2.20. The Balaban J connectivity index is 1.93. The van der Waals surface area contributed by atoms with Crippen molar-refractivity contribution in [1.82, 2.24) is 10.3 Å². The van der Waals surface area contributed by atoms with E-state index in [-0.39, 0.29) is 22.6 Å². The van der Waals surface area contributed by atoms with Gasteiger partial charge in [0.15, 0.2) is 17.1 Å². The molecule has 0 aromatic carbocycles. The summed E-state index contributed by atoms with van der Waals surface area (Å²) in [4.78, 5) is 43.7. The molecule has 1 aliphatic carbocycles. The number of ether oxygens (including phenoxy) is 2. The van der Waals surface area contributed by atoms with Gasteiger partial charge in [0, 0.05) is 12.3 Å². The van der Waals surface area contributed by atoms with E-state index in [9.17, 15) is 14.4 Å². The van der Waals surface area contributed by atoms with Crippen molar-refractivity contribution in [2.45, 2.75) is 58.3 Å². The number of hydrogen-bond acceptors (Lipinski definition) is 10. The van der Waals surface area contributed by atoms with Gasteiger partial charge in [-0.2, -0.15) is 0 Å². The van der Waals surface area contributed by atoms with Gasteiger partial charge in [0.25, 0.3) is 5.91 Å². The molecule has 1 saturated carbocycles. The lowest BCUT2D eigenvalue weighted by Crippen LogP contribution is -2.41. The highest BCUT2D eigenvalue weighted by atomic mass is 32.1. The molecular weight excluding hydrogens is 376 g/mol. The summed E-state index contributed by atoms with van der Waals surface area (Å²) in [7, 11) is 0. The molecule has 1 amide bonds. The summed E-state index contributed by atoms with van der Waals surface area (Å²) < 4.78 is 10.3. The number of thiazole rings is 1. The summed E-state index contributed by atoms with van der Waals surface area (Å²) in [6, 6.07) is 0. The first-order valence-corrected chi connectivity index (χ1v) is 9.38. The van der Waals surface area contributed by atoms with Crippen LogP contribution in [0.25, 0.3) is 0 Å². The summed E-state index contributed by atoms with van der Waals surface area (Å²) in [6.07, 6.45) is 2.76. The van der Waals surface area contributed by atoms with E-state index in [0.29, 0.717) is 0 Å². The lowest BCUT2D eigenvalue weighted by Gasteiger charge is -2.22. The van der Waals surface area contributed by atoms with Crippen LogP contribution in [0.4, 0.5) is 9.93 Å². The van der Waals surface area contributed by atoms with Gasteiger partial charge in [0.05, 0.1) is 0 Å². The van der Waals surface area contributed by atoms with Crippen LogP contribution in [-0.4, -0.2) is 41.1 Å². The lowest BCUT2D eigenvalue weighted by molar-refractivity contribution is -0.140. The molecule has 1 aliphatic rings. The first-order chi connectivity index (χ1) is 12.8. The molecule has 0 bridgehead atoms. The Morgan fingerprint density at radius 3 is 2.63 bits per heavy atom. The SMILES string of the molecule is CC(=O)ON=C(C(=O)NC(C)OC(=O)OC1CCCCC1)c1csc(N)n1. The number of oxime groups is 1. The average molecular weight is 398 g/mol. The molecule has 0 spiro atoms. The third-order valence-corrected chi connectivity index (χ3v) is 4.34. The van der Waals surface area contributed by atoms with Crippen molar-refractivity contribution in [3.63, 3.8) is 0 Å². The standard InChI is InChI=1S/C16H22N4O6S/c1-9(24-16(23)25-11-6-4-3-5-7-11)18-14(22)13(20-26-10(2)21)12-8-27-15(17)19-12/h8-9,11H,3-7H2,1-2H3,(H2,17,19)(H,18,22). The topological polar surface area (TPSA) is 142 Å².